The van der Waals surface area contributed by atoms with E-state index in [1.807, 2.05) is 12.1 Å². The molecule has 2 aromatic heterocycles. The van der Waals surface area contributed by atoms with Crippen LogP contribution in [0.3, 0.4) is 0 Å². The Balaban J connectivity index is 1.26. The van der Waals surface area contributed by atoms with E-state index in [1.54, 1.807) is 17.8 Å². The number of nitrogens with two attached hydrogens (primary N) is 2. The van der Waals surface area contributed by atoms with Crippen molar-refractivity contribution in [2.24, 2.45) is 11.5 Å². The van der Waals surface area contributed by atoms with Crippen molar-refractivity contribution >= 4 is 46.5 Å². The predicted octanol–water partition coefficient (Wildman–Crippen LogP) is 1.34. The van der Waals surface area contributed by atoms with Gasteiger partial charge in [0.15, 0.2) is 17.6 Å². The fourth-order valence-electron chi connectivity index (χ4n) is 4.83. The molecule has 1 aliphatic carbocycles. The van der Waals surface area contributed by atoms with Gasteiger partial charge in [-0.2, -0.15) is 4.98 Å². The zero-order chi connectivity index (χ0) is 27.8. The number of carbonyl (C=O) groups excluding carboxylic acids is 1. The Morgan fingerprint density at radius 1 is 1.23 bits per heavy atom. The van der Waals surface area contributed by atoms with Crippen LogP contribution in [0, 0.1) is 0 Å². The Kier molecular flexibility index (Phi) is 7.51. The molecule has 0 radical (unpaired) electrons. The van der Waals surface area contributed by atoms with Crippen LogP contribution in [0.2, 0.25) is 5.02 Å². The molecule has 4 heterocycles. The molecule has 2 saturated heterocycles. The molecule has 3 aliphatic rings. The number of aromatic nitrogens is 4. The number of benzene rings is 1. The van der Waals surface area contributed by atoms with Crippen LogP contribution in [-0.4, -0.2) is 83.4 Å². The summed E-state index contributed by atoms with van der Waals surface area (Å²) < 4.78 is 17.8. The number of rotatable bonds is 10. The van der Waals surface area contributed by atoms with E-state index in [9.17, 15) is 4.79 Å². The summed E-state index contributed by atoms with van der Waals surface area (Å²) in [5.74, 6) is 0.964. The zero-order valence-electron chi connectivity index (χ0n) is 22.1. The summed E-state index contributed by atoms with van der Waals surface area (Å²) in [7, 11) is 1.62. The first-order valence-corrected chi connectivity index (χ1v) is 13.7. The molecule has 7 N–H and O–H groups in total. The minimum atomic E-state index is -0.495. The van der Waals surface area contributed by atoms with Crippen LogP contribution in [0.15, 0.2) is 18.3 Å². The maximum Gasteiger partial charge on any atom is 0.407 e. The molecule has 3 fully saturated rings. The van der Waals surface area contributed by atoms with E-state index in [4.69, 9.17) is 42.3 Å². The molecular weight excluding hydrogens is 540 g/mol. The predicted molar refractivity (Wildman–Crippen MR) is 149 cm³/mol. The van der Waals surface area contributed by atoms with Crippen LogP contribution in [0.5, 0.6) is 0 Å². The van der Waals surface area contributed by atoms with Gasteiger partial charge in [-0.1, -0.05) is 11.6 Å². The van der Waals surface area contributed by atoms with E-state index in [0.717, 1.165) is 29.8 Å². The molecule has 15 heteroatoms. The highest BCUT2D eigenvalue weighted by Crippen LogP contribution is 2.38. The van der Waals surface area contributed by atoms with E-state index in [1.165, 1.54) is 0 Å². The number of anilines is 4. The van der Waals surface area contributed by atoms with Crippen molar-refractivity contribution in [3.05, 3.63) is 34.6 Å². The SMILES string of the molecule is CO[C@@H]1CN(c2cc(CN)cc(Nc3nc(NC4CC4)c4ncc(CN)n4n3)c2Cl)C[C@@H]1NC(=O)OC1COC1. The van der Waals surface area contributed by atoms with Crippen molar-refractivity contribution in [3.8, 4) is 0 Å². The number of fused-ring (bicyclic) bond motifs is 1. The molecule has 1 amide bonds. The Labute approximate surface area is 235 Å². The number of amides is 1. The summed E-state index contributed by atoms with van der Waals surface area (Å²) in [6, 6.07) is 3.89. The van der Waals surface area contributed by atoms with E-state index in [2.05, 4.69) is 30.9 Å². The summed E-state index contributed by atoms with van der Waals surface area (Å²) >= 11 is 6.98. The molecule has 40 heavy (non-hydrogen) atoms. The average Bonchev–Trinajstić information content (AvgIpc) is 3.50. The summed E-state index contributed by atoms with van der Waals surface area (Å²) in [6.45, 7) is 2.38. The molecule has 214 valence electrons. The minimum absolute atomic E-state index is 0.215. The number of methoxy groups -OCH3 is 1. The molecule has 6 rings (SSSR count). The van der Waals surface area contributed by atoms with Crippen molar-refractivity contribution in [2.45, 2.75) is 50.2 Å². The third-order valence-corrected chi connectivity index (χ3v) is 7.65. The van der Waals surface area contributed by atoms with Crippen LogP contribution in [0.1, 0.15) is 24.1 Å². The van der Waals surface area contributed by atoms with Crippen LogP contribution < -0.4 is 32.3 Å². The first-order chi connectivity index (χ1) is 19.4. The lowest BCUT2D eigenvalue weighted by Gasteiger charge is -2.27. The van der Waals surface area contributed by atoms with Crippen molar-refractivity contribution < 1.29 is 19.0 Å². The van der Waals surface area contributed by atoms with Gasteiger partial charge < -0.3 is 46.5 Å². The Bertz CT molecular complexity index is 1400. The number of hydrogen-bond acceptors (Lipinski definition) is 12. The number of carbonyl (C=O) groups is 1. The molecule has 2 aliphatic heterocycles. The van der Waals surface area contributed by atoms with Crippen molar-refractivity contribution in [1.82, 2.24) is 24.9 Å². The molecule has 1 saturated carbocycles. The van der Waals surface area contributed by atoms with Gasteiger partial charge in [-0.15, -0.1) is 5.10 Å². The maximum absolute atomic E-state index is 12.4. The van der Waals surface area contributed by atoms with Gasteiger partial charge in [0.25, 0.3) is 0 Å². The van der Waals surface area contributed by atoms with Gasteiger partial charge in [0.1, 0.15) is 0 Å². The first-order valence-electron chi connectivity index (χ1n) is 13.3. The lowest BCUT2D eigenvalue weighted by Crippen LogP contribution is -2.47. The molecular formula is C25H33ClN10O4. The molecule has 3 aromatic rings. The molecule has 0 bridgehead atoms. The van der Waals surface area contributed by atoms with E-state index in [-0.39, 0.29) is 24.8 Å². The van der Waals surface area contributed by atoms with Crippen molar-refractivity contribution in [2.75, 3.05) is 48.9 Å². The largest absolute Gasteiger partial charge is 0.441 e. The number of imidazole rings is 1. The zero-order valence-corrected chi connectivity index (χ0v) is 22.9. The van der Waals surface area contributed by atoms with Crippen molar-refractivity contribution in [3.63, 3.8) is 0 Å². The summed E-state index contributed by atoms with van der Waals surface area (Å²) in [6.07, 6.45) is 2.89. The van der Waals surface area contributed by atoms with E-state index < -0.39 is 6.09 Å². The monoisotopic (exact) mass is 572 g/mol. The molecule has 1 aromatic carbocycles. The Morgan fingerprint density at radius 3 is 2.73 bits per heavy atom. The lowest BCUT2D eigenvalue weighted by molar-refractivity contribution is -0.0988. The fourth-order valence-corrected chi connectivity index (χ4v) is 5.11. The second kappa shape index (κ2) is 11.2. The van der Waals surface area contributed by atoms with Crippen molar-refractivity contribution in [1.29, 1.82) is 0 Å². The fraction of sp³-hybridized carbons (Fsp3) is 0.520. The third-order valence-electron chi connectivity index (χ3n) is 7.25. The molecule has 0 unspecified atom stereocenters. The van der Waals surface area contributed by atoms with Crippen LogP contribution in [0.25, 0.3) is 5.65 Å². The van der Waals surface area contributed by atoms with Gasteiger partial charge in [-0.3, -0.25) is 0 Å². The topological polar surface area (TPSA) is 179 Å². The standard InChI is InChI=1S/C25H33ClN10O4/c1-38-20-10-35(9-18(20)32-25(37)40-16-11-39-12-16)19-5-13(6-27)4-17(21(19)26)31-24-33-22(30-14-2-3-14)23-29-8-15(7-28)36(23)34-24/h4-5,8,14,16,18,20H,2-3,6-7,9-12,27-28H2,1H3,(H,32,37)(H2,30,31,33,34)/t18-,20+/m0/s1. The van der Waals surface area contributed by atoms with Gasteiger partial charge in [-0.25, -0.2) is 14.3 Å². The quantitative estimate of drug-likeness (QED) is 0.236. The smallest absolute Gasteiger partial charge is 0.407 e. The Hall–Kier alpha value is -3.43. The summed E-state index contributed by atoms with van der Waals surface area (Å²) in [5, 5.41) is 14.7. The number of nitrogens with one attached hydrogen (secondary N) is 3. The summed E-state index contributed by atoms with van der Waals surface area (Å²) in [5.41, 5.74) is 15.6. The normalized spacial score (nSPS) is 20.9. The molecule has 0 spiro atoms. The minimum Gasteiger partial charge on any atom is -0.441 e. The van der Waals surface area contributed by atoms with Gasteiger partial charge in [0.2, 0.25) is 5.95 Å². The van der Waals surface area contributed by atoms with Gasteiger partial charge in [0, 0.05) is 39.3 Å². The molecule has 2 atom stereocenters. The lowest BCUT2D eigenvalue weighted by atomic mass is 10.1. The number of halogens is 1. The number of alkyl carbamates (subject to hydrolysis) is 1. The van der Waals surface area contributed by atoms with Crippen LogP contribution in [-0.2, 0) is 27.3 Å². The maximum atomic E-state index is 12.4. The summed E-state index contributed by atoms with van der Waals surface area (Å²) in [4.78, 5) is 23.6. The number of nitrogens with zero attached hydrogens (tertiary/aromatic N) is 5. The third kappa shape index (κ3) is 5.45. The number of hydrogen-bond donors (Lipinski definition) is 5. The van der Waals surface area contributed by atoms with Crippen LogP contribution >= 0.6 is 11.6 Å². The highest BCUT2D eigenvalue weighted by atomic mass is 35.5. The van der Waals surface area contributed by atoms with E-state index in [0.29, 0.717) is 67.0 Å². The van der Waals surface area contributed by atoms with Gasteiger partial charge in [-0.05, 0) is 30.5 Å². The second-order valence-corrected chi connectivity index (χ2v) is 10.6. The number of ether oxygens (including phenoxy) is 3. The Morgan fingerprint density at radius 2 is 2.05 bits per heavy atom. The highest BCUT2D eigenvalue weighted by Gasteiger charge is 2.36. The average molecular weight is 573 g/mol. The van der Waals surface area contributed by atoms with Crippen LogP contribution in [0.4, 0.5) is 27.9 Å². The van der Waals surface area contributed by atoms with Gasteiger partial charge in [0.05, 0.1) is 53.6 Å². The highest BCUT2D eigenvalue weighted by molar-refractivity contribution is 6.36. The van der Waals surface area contributed by atoms with Gasteiger partial charge >= 0.3 is 6.09 Å². The first kappa shape index (κ1) is 26.8. The second-order valence-electron chi connectivity index (χ2n) is 10.2. The molecule has 14 nitrogen and oxygen atoms in total. The van der Waals surface area contributed by atoms with E-state index >= 15 is 0 Å².